The molecule has 2 aromatic heterocycles. The van der Waals surface area contributed by atoms with E-state index in [1.807, 2.05) is 0 Å². The maximum Gasteiger partial charge on any atom is 0.327 e. The predicted molar refractivity (Wildman–Crippen MR) is 49.0 cm³/mol. The third-order valence-corrected chi connectivity index (χ3v) is 2.40. The van der Waals surface area contributed by atoms with Crippen LogP contribution < -0.4 is 5.69 Å². The number of H-pyrrole nitrogens is 1. The summed E-state index contributed by atoms with van der Waals surface area (Å²) < 4.78 is 2.32. The van der Waals surface area contributed by atoms with Crippen molar-refractivity contribution in [3.63, 3.8) is 0 Å². The molecule has 2 heterocycles. The van der Waals surface area contributed by atoms with Crippen LogP contribution in [0.4, 0.5) is 0 Å². The quantitative estimate of drug-likeness (QED) is 0.731. The number of hydrogen-bond acceptors (Lipinski definition) is 2. The summed E-state index contributed by atoms with van der Waals surface area (Å²) in [5.74, 6) is 0. The smallest absolute Gasteiger partial charge is 0.303 e. The summed E-state index contributed by atoms with van der Waals surface area (Å²) in [6.45, 7) is 0. The van der Waals surface area contributed by atoms with Crippen LogP contribution in [0.1, 0.15) is 0 Å². The minimum Gasteiger partial charge on any atom is -0.303 e. The summed E-state index contributed by atoms with van der Waals surface area (Å²) >= 11 is 3.32. The second kappa shape index (κ2) is 2.45. The number of halogens is 1. The molecule has 12 heavy (non-hydrogen) atoms. The summed E-state index contributed by atoms with van der Waals surface area (Å²) in [7, 11) is 1.68. The minimum absolute atomic E-state index is 0.149. The first-order chi connectivity index (χ1) is 5.70. The van der Waals surface area contributed by atoms with Gasteiger partial charge in [0.15, 0.2) is 5.65 Å². The van der Waals surface area contributed by atoms with Crippen molar-refractivity contribution in [2.24, 2.45) is 7.05 Å². The molecule has 4 nitrogen and oxygen atoms in total. The minimum atomic E-state index is -0.149. The van der Waals surface area contributed by atoms with E-state index in [1.54, 1.807) is 19.3 Å². The highest BCUT2D eigenvalue weighted by molar-refractivity contribution is 9.10. The number of aromatic nitrogens is 3. The van der Waals surface area contributed by atoms with Gasteiger partial charge in [0.2, 0.25) is 0 Å². The molecule has 1 N–H and O–H groups in total. The summed E-state index contributed by atoms with van der Waals surface area (Å²) in [6.07, 6.45) is 1.65. The maximum absolute atomic E-state index is 11.1. The number of nitrogens with one attached hydrogen (secondary N) is 1. The molecule has 62 valence electrons. The number of rotatable bonds is 0. The van der Waals surface area contributed by atoms with Gasteiger partial charge in [0.25, 0.3) is 0 Å². The van der Waals surface area contributed by atoms with Crippen LogP contribution in [0.2, 0.25) is 0 Å². The van der Waals surface area contributed by atoms with Gasteiger partial charge in [0.1, 0.15) is 5.52 Å². The van der Waals surface area contributed by atoms with E-state index in [1.165, 1.54) is 4.57 Å². The van der Waals surface area contributed by atoms with Gasteiger partial charge in [-0.3, -0.25) is 4.57 Å². The highest BCUT2D eigenvalue weighted by atomic mass is 79.9. The lowest BCUT2D eigenvalue weighted by atomic mass is 10.4. The first-order valence-corrected chi connectivity index (χ1v) is 4.18. The van der Waals surface area contributed by atoms with E-state index in [0.29, 0.717) is 5.65 Å². The molecule has 2 rings (SSSR count). The number of hydrogen-bond donors (Lipinski definition) is 1. The number of aromatic amines is 1. The molecule has 0 saturated carbocycles. The van der Waals surface area contributed by atoms with Gasteiger partial charge < -0.3 is 4.98 Å². The van der Waals surface area contributed by atoms with Crippen molar-refractivity contribution < 1.29 is 0 Å². The Kier molecular flexibility index (Phi) is 1.54. The summed E-state index contributed by atoms with van der Waals surface area (Å²) in [5, 5.41) is 0. The van der Waals surface area contributed by atoms with Crippen LogP contribution in [0, 0.1) is 0 Å². The zero-order valence-electron chi connectivity index (χ0n) is 6.34. The summed E-state index contributed by atoms with van der Waals surface area (Å²) in [4.78, 5) is 17.9. The Morgan fingerprint density at radius 3 is 3.08 bits per heavy atom. The number of fused-ring (bicyclic) bond motifs is 1. The van der Waals surface area contributed by atoms with Crippen LogP contribution in [-0.2, 0) is 7.05 Å². The van der Waals surface area contributed by atoms with Gasteiger partial charge in [-0.25, -0.2) is 9.78 Å². The molecular weight excluding hydrogens is 222 g/mol. The topological polar surface area (TPSA) is 50.7 Å². The summed E-state index contributed by atoms with van der Waals surface area (Å²) in [6, 6.07) is 1.79. The molecule has 0 amide bonds. The molecular formula is C7H6BrN3O. The average molecular weight is 228 g/mol. The van der Waals surface area contributed by atoms with Crippen LogP contribution in [0.3, 0.4) is 0 Å². The zero-order valence-corrected chi connectivity index (χ0v) is 7.92. The largest absolute Gasteiger partial charge is 0.327 e. The molecule has 0 aliphatic heterocycles. The standard InChI is InChI=1S/C7H6BrN3O/c1-11-6-5(10-7(11)12)4(8)2-3-9-6/h2-3H,1H3,(H,10,12). The van der Waals surface area contributed by atoms with Crippen LogP contribution in [0.15, 0.2) is 21.5 Å². The van der Waals surface area contributed by atoms with Crippen molar-refractivity contribution >= 4 is 27.1 Å². The van der Waals surface area contributed by atoms with Crippen molar-refractivity contribution in [3.8, 4) is 0 Å². The van der Waals surface area contributed by atoms with E-state index in [0.717, 1.165) is 9.99 Å². The molecule has 0 unspecified atom stereocenters. The monoisotopic (exact) mass is 227 g/mol. The second-order valence-corrected chi connectivity index (χ2v) is 3.33. The van der Waals surface area contributed by atoms with E-state index in [2.05, 4.69) is 25.9 Å². The third kappa shape index (κ3) is 0.896. The average Bonchev–Trinajstić information content (AvgIpc) is 2.32. The van der Waals surface area contributed by atoms with E-state index in [9.17, 15) is 4.79 Å². The normalized spacial score (nSPS) is 10.8. The van der Waals surface area contributed by atoms with Gasteiger partial charge in [-0.1, -0.05) is 0 Å². The number of imidazole rings is 1. The third-order valence-electron chi connectivity index (χ3n) is 1.73. The Labute approximate surface area is 76.4 Å². The van der Waals surface area contributed by atoms with Gasteiger partial charge in [0, 0.05) is 17.7 Å². The Morgan fingerprint density at radius 2 is 2.42 bits per heavy atom. The van der Waals surface area contributed by atoms with E-state index >= 15 is 0 Å². The lowest BCUT2D eigenvalue weighted by Crippen LogP contribution is -2.12. The van der Waals surface area contributed by atoms with Crippen molar-refractivity contribution in [2.75, 3.05) is 0 Å². The number of pyridine rings is 1. The number of aryl methyl sites for hydroxylation is 1. The molecule has 0 aromatic carbocycles. The van der Waals surface area contributed by atoms with E-state index in [-0.39, 0.29) is 5.69 Å². The Hall–Kier alpha value is -1.10. The van der Waals surface area contributed by atoms with Crippen molar-refractivity contribution in [2.45, 2.75) is 0 Å². The molecule has 5 heteroatoms. The van der Waals surface area contributed by atoms with Crippen molar-refractivity contribution in [1.29, 1.82) is 0 Å². The van der Waals surface area contributed by atoms with Gasteiger partial charge >= 0.3 is 5.69 Å². The first kappa shape index (κ1) is 7.54. The molecule has 0 atom stereocenters. The highest BCUT2D eigenvalue weighted by Gasteiger charge is 2.05. The van der Waals surface area contributed by atoms with Gasteiger partial charge in [-0.2, -0.15) is 0 Å². The molecule has 0 fully saturated rings. The highest BCUT2D eigenvalue weighted by Crippen LogP contribution is 2.17. The van der Waals surface area contributed by atoms with E-state index in [4.69, 9.17) is 0 Å². The second-order valence-electron chi connectivity index (χ2n) is 2.48. The maximum atomic E-state index is 11.1. The Bertz CT molecular complexity index is 485. The Balaban J connectivity index is 3.05. The van der Waals surface area contributed by atoms with Crippen molar-refractivity contribution in [1.82, 2.24) is 14.5 Å². The molecule has 0 aliphatic carbocycles. The first-order valence-electron chi connectivity index (χ1n) is 3.39. The van der Waals surface area contributed by atoms with Crippen molar-refractivity contribution in [3.05, 3.63) is 27.2 Å². The number of nitrogens with zero attached hydrogens (tertiary/aromatic N) is 2. The van der Waals surface area contributed by atoms with Gasteiger partial charge in [-0.05, 0) is 22.0 Å². The lowest BCUT2D eigenvalue weighted by molar-refractivity contribution is 0.879. The Morgan fingerprint density at radius 1 is 1.67 bits per heavy atom. The van der Waals surface area contributed by atoms with Gasteiger partial charge in [-0.15, -0.1) is 0 Å². The molecule has 0 bridgehead atoms. The van der Waals surface area contributed by atoms with Crippen LogP contribution >= 0.6 is 15.9 Å². The molecule has 2 aromatic rings. The molecule has 0 spiro atoms. The van der Waals surface area contributed by atoms with Crippen LogP contribution in [0.25, 0.3) is 11.2 Å². The summed E-state index contributed by atoms with van der Waals surface area (Å²) in [5.41, 5.74) is 1.25. The molecule has 0 radical (unpaired) electrons. The SMILES string of the molecule is Cn1c(=O)[nH]c2c(Br)ccnc21. The van der Waals surface area contributed by atoms with Crippen LogP contribution in [0.5, 0.6) is 0 Å². The fourth-order valence-corrected chi connectivity index (χ4v) is 1.48. The molecule has 0 saturated heterocycles. The molecule has 0 aliphatic rings. The fourth-order valence-electron chi connectivity index (χ4n) is 1.08. The fraction of sp³-hybridized carbons (Fsp3) is 0.143. The van der Waals surface area contributed by atoms with E-state index < -0.39 is 0 Å². The van der Waals surface area contributed by atoms with Gasteiger partial charge in [0.05, 0.1) is 0 Å². The van der Waals surface area contributed by atoms with Crippen LogP contribution in [-0.4, -0.2) is 14.5 Å². The predicted octanol–water partition coefficient (Wildman–Crippen LogP) is 1.02. The lowest BCUT2D eigenvalue weighted by Gasteiger charge is -1.92. The zero-order chi connectivity index (χ0) is 8.72.